The van der Waals surface area contributed by atoms with Crippen molar-refractivity contribution in [1.82, 2.24) is 19.5 Å². The lowest BCUT2D eigenvalue weighted by atomic mass is 10.1. The lowest BCUT2D eigenvalue weighted by Gasteiger charge is -2.07. The minimum absolute atomic E-state index is 0.208. The molecule has 0 spiro atoms. The number of hydrogen-bond donors (Lipinski definition) is 0. The van der Waals surface area contributed by atoms with E-state index in [4.69, 9.17) is 0 Å². The Balaban J connectivity index is 1.76. The average molecular weight is 346 g/mol. The largest absolute Gasteiger partial charge is 0.323 e. The Morgan fingerprint density at radius 1 is 1.12 bits per heavy atom. The highest BCUT2D eigenvalue weighted by atomic mass is 19.2. The monoisotopic (exact) mass is 346 g/mol. The lowest BCUT2D eigenvalue weighted by molar-refractivity contribution is 0.510. The molecule has 125 valence electrons. The molecule has 2 aromatic carbocycles. The molecule has 0 saturated carbocycles. The van der Waals surface area contributed by atoms with E-state index in [0.29, 0.717) is 28.1 Å². The normalized spacial score (nSPS) is 10.8. The SMILES string of the molecule is N#Cc1cnc(Cn2cnc3cc(F)c(F)cc32)nc1-c1cc[c]cc1. The van der Waals surface area contributed by atoms with E-state index in [1.807, 2.05) is 0 Å². The molecule has 0 unspecified atom stereocenters. The van der Waals surface area contributed by atoms with Crippen LogP contribution in [-0.2, 0) is 6.54 Å². The van der Waals surface area contributed by atoms with Crippen LogP contribution in [0.1, 0.15) is 11.4 Å². The molecule has 5 nitrogen and oxygen atoms in total. The molecule has 2 aromatic heterocycles. The zero-order chi connectivity index (χ0) is 18.1. The molecule has 0 aliphatic heterocycles. The summed E-state index contributed by atoms with van der Waals surface area (Å²) in [6.45, 7) is 0.208. The molecule has 7 heteroatoms. The smallest absolute Gasteiger partial charge is 0.161 e. The minimum Gasteiger partial charge on any atom is -0.323 e. The first kappa shape index (κ1) is 15.8. The van der Waals surface area contributed by atoms with Crippen LogP contribution >= 0.6 is 0 Å². The van der Waals surface area contributed by atoms with Gasteiger partial charge in [-0.25, -0.2) is 23.7 Å². The Kier molecular flexibility index (Phi) is 3.86. The van der Waals surface area contributed by atoms with E-state index in [1.54, 1.807) is 28.8 Å². The molecule has 0 aliphatic carbocycles. The molecular formula is C19H10F2N5. The van der Waals surface area contributed by atoms with Crippen LogP contribution in [0.5, 0.6) is 0 Å². The molecule has 1 radical (unpaired) electrons. The van der Waals surface area contributed by atoms with Gasteiger partial charge in [0.25, 0.3) is 0 Å². The Morgan fingerprint density at radius 2 is 1.88 bits per heavy atom. The summed E-state index contributed by atoms with van der Waals surface area (Å²) in [6, 6.07) is 14.2. The van der Waals surface area contributed by atoms with Crippen LogP contribution in [0.15, 0.2) is 48.9 Å². The summed E-state index contributed by atoms with van der Waals surface area (Å²) in [6.07, 6.45) is 2.93. The third kappa shape index (κ3) is 2.78. The number of nitrogens with zero attached hydrogens (tertiary/aromatic N) is 5. The summed E-state index contributed by atoms with van der Waals surface area (Å²) in [5.41, 5.74) is 2.41. The van der Waals surface area contributed by atoms with Crippen LogP contribution in [0.25, 0.3) is 22.3 Å². The van der Waals surface area contributed by atoms with Gasteiger partial charge in [-0.05, 0) is 6.07 Å². The highest BCUT2D eigenvalue weighted by molar-refractivity contribution is 5.75. The zero-order valence-electron chi connectivity index (χ0n) is 13.3. The van der Waals surface area contributed by atoms with Gasteiger partial charge in [-0.3, -0.25) is 0 Å². The predicted molar refractivity (Wildman–Crippen MR) is 89.8 cm³/mol. The third-order valence-corrected chi connectivity index (χ3v) is 3.93. The van der Waals surface area contributed by atoms with Crippen molar-refractivity contribution in [2.45, 2.75) is 6.54 Å². The lowest BCUT2D eigenvalue weighted by Crippen LogP contribution is -2.05. The van der Waals surface area contributed by atoms with Crippen LogP contribution in [-0.4, -0.2) is 19.5 Å². The molecule has 4 rings (SSSR count). The first-order valence-corrected chi connectivity index (χ1v) is 7.68. The van der Waals surface area contributed by atoms with Crippen LogP contribution in [0.4, 0.5) is 8.78 Å². The number of fused-ring (bicyclic) bond motifs is 1. The summed E-state index contributed by atoms with van der Waals surface area (Å²) in [7, 11) is 0. The first-order valence-electron chi connectivity index (χ1n) is 7.68. The number of halogens is 2. The topological polar surface area (TPSA) is 67.4 Å². The van der Waals surface area contributed by atoms with Gasteiger partial charge >= 0.3 is 0 Å². The second-order valence-electron chi connectivity index (χ2n) is 5.58. The molecule has 0 aliphatic rings. The summed E-state index contributed by atoms with van der Waals surface area (Å²) < 4.78 is 28.5. The number of benzene rings is 2. The molecule has 0 atom stereocenters. The summed E-state index contributed by atoms with van der Waals surface area (Å²) >= 11 is 0. The fraction of sp³-hybridized carbons (Fsp3) is 0.0526. The fourth-order valence-corrected chi connectivity index (χ4v) is 2.67. The molecule has 2 heterocycles. The Hall–Kier alpha value is -3.66. The van der Waals surface area contributed by atoms with Crippen molar-refractivity contribution < 1.29 is 8.78 Å². The summed E-state index contributed by atoms with van der Waals surface area (Å²) in [5.74, 6) is -1.46. The number of imidazole rings is 1. The Bertz CT molecular complexity index is 1150. The minimum atomic E-state index is -0.944. The highest BCUT2D eigenvalue weighted by Gasteiger charge is 2.13. The molecule has 0 saturated heterocycles. The third-order valence-electron chi connectivity index (χ3n) is 3.93. The van der Waals surface area contributed by atoms with Gasteiger partial charge in [0.2, 0.25) is 0 Å². The molecule has 0 fully saturated rings. The van der Waals surface area contributed by atoms with E-state index in [-0.39, 0.29) is 6.54 Å². The van der Waals surface area contributed by atoms with Crippen LogP contribution < -0.4 is 0 Å². The fourth-order valence-electron chi connectivity index (χ4n) is 2.67. The van der Waals surface area contributed by atoms with Crippen LogP contribution in [0.2, 0.25) is 0 Å². The maximum atomic E-state index is 13.5. The molecule has 26 heavy (non-hydrogen) atoms. The highest BCUT2D eigenvalue weighted by Crippen LogP contribution is 2.22. The van der Waals surface area contributed by atoms with E-state index in [9.17, 15) is 14.0 Å². The van der Waals surface area contributed by atoms with Crippen molar-refractivity contribution in [1.29, 1.82) is 5.26 Å². The van der Waals surface area contributed by atoms with E-state index in [0.717, 1.165) is 17.7 Å². The molecule has 4 aromatic rings. The second kappa shape index (κ2) is 6.33. The number of nitriles is 1. The van der Waals surface area contributed by atoms with Crippen molar-refractivity contribution in [3.8, 4) is 17.3 Å². The summed E-state index contributed by atoms with van der Waals surface area (Å²) in [5, 5.41) is 9.29. The number of aromatic nitrogens is 4. The maximum absolute atomic E-state index is 13.5. The molecule has 0 N–H and O–H groups in total. The average Bonchev–Trinajstić information content (AvgIpc) is 3.04. The van der Waals surface area contributed by atoms with E-state index in [1.165, 1.54) is 12.5 Å². The van der Waals surface area contributed by atoms with Crippen LogP contribution in [0, 0.1) is 29.0 Å². The van der Waals surface area contributed by atoms with Crippen molar-refractivity contribution in [2.75, 3.05) is 0 Å². The molecule has 0 amide bonds. The van der Waals surface area contributed by atoms with Gasteiger partial charge in [0, 0.05) is 23.9 Å². The van der Waals surface area contributed by atoms with Gasteiger partial charge in [-0.2, -0.15) is 5.26 Å². The first-order chi connectivity index (χ1) is 12.7. The zero-order valence-corrected chi connectivity index (χ0v) is 13.3. The molecule has 0 bridgehead atoms. The van der Waals surface area contributed by atoms with Gasteiger partial charge in [-0.1, -0.05) is 24.3 Å². The van der Waals surface area contributed by atoms with Gasteiger partial charge in [0.15, 0.2) is 11.6 Å². The predicted octanol–water partition coefficient (Wildman–Crippen LogP) is 3.49. The maximum Gasteiger partial charge on any atom is 0.161 e. The van der Waals surface area contributed by atoms with Gasteiger partial charge in [0.05, 0.1) is 35.2 Å². The van der Waals surface area contributed by atoms with E-state index >= 15 is 0 Å². The standard InChI is InChI=1S/C19H10F2N5/c20-14-6-16-17(7-15(14)21)26(11-24-16)10-18-23-9-13(8-22)19(25-18)12-4-2-1-3-5-12/h2-7,9,11H,10H2. The number of rotatable bonds is 3. The molecular weight excluding hydrogens is 336 g/mol. The van der Waals surface area contributed by atoms with E-state index in [2.05, 4.69) is 27.1 Å². The quantitative estimate of drug-likeness (QED) is 0.569. The Morgan fingerprint density at radius 3 is 2.65 bits per heavy atom. The second-order valence-corrected chi connectivity index (χ2v) is 5.58. The van der Waals surface area contributed by atoms with Crippen molar-refractivity contribution in [3.05, 3.63) is 78.0 Å². The van der Waals surface area contributed by atoms with Crippen molar-refractivity contribution in [3.63, 3.8) is 0 Å². The van der Waals surface area contributed by atoms with Gasteiger partial charge < -0.3 is 4.57 Å². The Labute approximate surface area is 147 Å². The van der Waals surface area contributed by atoms with Crippen LogP contribution in [0.3, 0.4) is 0 Å². The summed E-state index contributed by atoms with van der Waals surface area (Å²) in [4.78, 5) is 12.7. The van der Waals surface area contributed by atoms with Gasteiger partial charge in [0.1, 0.15) is 11.9 Å². The van der Waals surface area contributed by atoms with Gasteiger partial charge in [-0.15, -0.1) is 0 Å². The van der Waals surface area contributed by atoms with Crippen molar-refractivity contribution in [2.24, 2.45) is 0 Å². The van der Waals surface area contributed by atoms with E-state index < -0.39 is 11.6 Å². The van der Waals surface area contributed by atoms with Crippen molar-refractivity contribution >= 4 is 11.0 Å². The number of hydrogen-bond acceptors (Lipinski definition) is 4.